The van der Waals surface area contributed by atoms with E-state index in [1.54, 1.807) is 0 Å². The predicted octanol–water partition coefficient (Wildman–Crippen LogP) is -1.21. The van der Waals surface area contributed by atoms with Gasteiger partial charge in [0.25, 0.3) is 0 Å². The number of alkyl carbamates (subject to hydrolysis) is 1. The second-order valence-electron chi connectivity index (χ2n) is 3.84. The lowest BCUT2D eigenvalue weighted by Gasteiger charge is -2.32. The first-order valence-corrected chi connectivity index (χ1v) is 5.17. The largest absolute Gasteiger partial charge is 0.443 e. The maximum absolute atomic E-state index is 10.8. The summed E-state index contributed by atoms with van der Waals surface area (Å²) < 4.78 is 10.4. The maximum Gasteiger partial charge on any atom is 0.407 e. The third kappa shape index (κ3) is 2.80. The zero-order valence-electron chi connectivity index (χ0n) is 8.52. The molecule has 2 atom stereocenters. The van der Waals surface area contributed by atoms with Crippen molar-refractivity contribution in [1.29, 1.82) is 0 Å². The summed E-state index contributed by atoms with van der Waals surface area (Å²) in [7, 11) is 0. The summed E-state index contributed by atoms with van der Waals surface area (Å²) in [6.07, 6.45) is -0.522. The van der Waals surface area contributed by atoms with Gasteiger partial charge in [-0.25, -0.2) is 4.79 Å². The standard InChI is InChI=1S/C9H16N2O4/c12-6-8-5-11(1-2-14-8)4-7-3-10-9(13)15-7/h7-8,12H,1-6H2,(H,10,13). The fraction of sp³-hybridized carbons (Fsp3) is 0.889. The molecule has 0 radical (unpaired) electrons. The molecule has 86 valence electrons. The highest BCUT2D eigenvalue weighted by atomic mass is 16.6. The Bertz CT molecular complexity index is 236. The average Bonchev–Trinajstić information content (AvgIpc) is 2.64. The Hall–Kier alpha value is -0.850. The number of aliphatic hydroxyl groups is 1. The number of hydrogen-bond donors (Lipinski definition) is 2. The van der Waals surface area contributed by atoms with Gasteiger partial charge in [-0.3, -0.25) is 4.90 Å². The molecule has 0 aromatic carbocycles. The van der Waals surface area contributed by atoms with Crippen molar-refractivity contribution in [2.75, 3.05) is 39.4 Å². The van der Waals surface area contributed by atoms with Gasteiger partial charge in [-0.1, -0.05) is 0 Å². The number of rotatable bonds is 3. The highest BCUT2D eigenvalue weighted by Crippen LogP contribution is 2.08. The third-order valence-electron chi connectivity index (χ3n) is 2.64. The van der Waals surface area contributed by atoms with E-state index in [1.165, 1.54) is 0 Å². The molecule has 2 N–H and O–H groups in total. The summed E-state index contributed by atoms with van der Waals surface area (Å²) >= 11 is 0. The van der Waals surface area contributed by atoms with Crippen LogP contribution < -0.4 is 5.32 Å². The monoisotopic (exact) mass is 216 g/mol. The molecule has 0 bridgehead atoms. The van der Waals surface area contributed by atoms with E-state index in [2.05, 4.69) is 10.2 Å². The second-order valence-corrected chi connectivity index (χ2v) is 3.84. The third-order valence-corrected chi connectivity index (χ3v) is 2.64. The van der Waals surface area contributed by atoms with E-state index in [-0.39, 0.29) is 24.9 Å². The van der Waals surface area contributed by atoms with Gasteiger partial charge in [0.05, 0.1) is 25.9 Å². The van der Waals surface area contributed by atoms with Crippen molar-refractivity contribution < 1.29 is 19.4 Å². The lowest BCUT2D eigenvalue weighted by atomic mass is 10.2. The number of aliphatic hydroxyl groups excluding tert-OH is 1. The van der Waals surface area contributed by atoms with E-state index in [1.807, 2.05) is 0 Å². The Morgan fingerprint density at radius 2 is 2.40 bits per heavy atom. The van der Waals surface area contributed by atoms with Gasteiger partial charge in [0, 0.05) is 19.6 Å². The molecule has 0 saturated carbocycles. The molecule has 0 spiro atoms. The first-order chi connectivity index (χ1) is 7.28. The molecular weight excluding hydrogens is 200 g/mol. The molecule has 15 heavy (non-hydrogen) atoms. The van der Waals surface area contributed by atoms with Crippen molar-refractivity contribution in [2.24, 2.45) is 0 Å². The molecule has 6 nitrogen and oxygen atoms in total. The summed E-state index contributed by atoms with van der Waals surface area (Å²) in [6.45, 7) is 3.46. The van der Waals surface area contributed by atoms with Crippen molar-refractivity contribution in [1.82, 2.24) is 10.2 Å². The van der Waals surface area contributed by atoms with E-state index in [4.69, 9.17) is 14.6 Å². The van der Waals surface area contributed by atoms with Crippen LogP contribution in [0.2, 0.25) is 0 Å². The number of carbonyl (C=O) groups excluding carboxylic acids is 1. The quantitative estimate of drug-likeness (QED) is 0.619. The van der Waals surface area contributed by atoms with Crippen LogP contribution in [-0.2, 0) is 9.47 Å². The van der Waals surface area contributed by atoms with Gasteiger partial charge < -0.3 is 19.9 Å². The van der Waals surface area contributed by atoms with Crippen LogP contribution in [0.5, 0.6) is 0 Å². The Kier molecular flexibility index (Phi) is 3.40. The maximum atomic E-state index is 10.8. The average molecular weight is 216 g/mol. The van der Waals surface area contributed by atoms with Gasteiger partial charge in [0.1, 0.15) is 6.10 Å². The van der Waals surface area contributed by atoms with E-state index in [0.29, 0.717) is 26.2 Å². The topological polar surface area (TPSA) is 71.0 Å². The first kappa shape index (κ1) is 10.7. The molecule has 2 fully saturated rings. The Morgan fingerprint density at radius 1 is 1.53 bits per heavy atom. The Balaban J connectivity index is 1.76. The van der Waals surface area contributed by atoms with Crippen LogP contribution in [0.4, 0.5) is 4.79 Å². The van der Waals surface area contributed by atoms with Gasteiger partial charge in [0.15, 0.2) is 0 Å². The van der Waals surface area contributed by atoms with Crippen LogP contribution in [0.25, 0.3) is 0 Å². The molecular formula is C9H16N2O4. The van der Waals surface area contributed by atoms with E-state index < -0.39 is 0 Å². The van der Waals surface area contributed by atoms with Gasteiger partial charge in [-0.05, 0) is 0 Å². The predicted molar refractivity (Wildman–Crippen MR) is 51.5 cm³/mol. The second kappa shape index (κ2) is 4.78. The van der Waals surface area contributed by atoms with E-state index in [9.17, 15) is 4.79 Å². The fourth-order valence-corrected chi connectivity index (χ4v) is 1.88. The van der Waals surface area contributed by atoms with Crippen molar-refractivity contribution >= 4 is 6.09 Å². The van der Waals surface area contributed by atoms with Gasteiger partial charge in [0.2, 0.25) is 0 Å². The van der Waals surface area contributed by atoms with E-state index in [0.717, 1.165) is 6.54 Å². The molecule has 2 saturated heterocycles. The van der Waals surface area contributed by atoms with Crippen molar-refractivity contribution in [2.45, 2.75) is 12.2 Å². The molecule has 1 amide bonds. The number of carbonyl (C=O) groups is 1. The highest BCUT2D eigenvalue weighted by Gasteiger charge is 2.27. The molecule has 2 aliphatic heterocycles. The number of ether oxygens (including phenoxy) is 2. The number of cyclic esters (lactones) is 1. The number of amides is 1. The molecule has 2 aliphatic rings. The van der Waals surface area contributed by atoms with Crippen LogP contribution >= 0.6 is 0 Å². The van der Waals surface area contributed by atoms with Crippen molar-refractivity contribution in [3.63, 3.8) is 0 Å². The summed E-state index contributed by atoms with van der Waals surface area (Å²) in [5.74, 6) is 0. The van der Waals surface area contributed by atoms with Crippen LogP contribution in [0, 0.1) is 0 Å². The lowest BCUT2D eigenvalue weighted by molar-refractivity contribution is -0.0596. The van der Waals surface area contributed by atoms with Crippen LogP contribution in [0.1, 0.15) is 0 Å². The van der Waals surface area contributed by atoms with Crippen molar-refractivity contribution in [3.05, 3.63) is 0 Å². The minimum Gasteiger partial charge on any atom is -0.443 e. The van der Waals surface area contributed by atoms with Gasteiger partial charge in [-0.15, -0.1) is 0 Å². The minimum absolute atomic E-state index is 0.0409. The molecule has 0 aliphatic carbocycles. The number of morpholine rings is 1. The Labute approximate surface area is 88.1 Å². The fourth-order valence-electron chi connectivity index (χ4n) is 1.88. The normalized spacial score (nSPS) is 32.5. The highest BCUT2D eigenvalue weighted by molar-refractivity contribution is 5.69. The minimum atomic E-state index is -0.341. The lowest BCUT2D eigenvalue weighted by Crippen LogP contribution is -2.47. The molecule has 2 heterocycles. The van der Waals surface area contributed by atoms with Crippen LogP contribution in [0.15, 0.2) is 0 Å². The smallest absolute Gasteiger partial charge is 0.407 e. The number of nitrogens with zero attached hydrogens (tertiary/aromatic N) is 1. The zero-order valence-corrected chi connectivity index (χ0v) is 8.52. The van der Waals surface area contributed by atoms with Gasteiger partial charge in [-0.2, -0.15) is 0 Å². The van der Waals surface area contributed by atoms with Gasteiger partial charge >= 0.3 is 6.09 Å². The summed E-state index contributed by atoms with van der Waals surface area (Å²) in [5, 5.41) is 11.6. The van der Waals surface area contributed by atoms with Crippen molar-refractivity contribution in [3.8, 4) is 0 Å². The summed E-state index contributed by atoms with van der Waals surface area (Å²) in [6, 6.07) is 0. The first-order valence-electron chi connectivity index (χ1n) is 5.17. The number of hydrogen-bond acceptors (Lipinski definition) is 5. The molecule has 2 unspecified atom stereocenters. The molecule has 6 heteroatoms. The zero-order chi connectivity index (χ0) is 10.7. The van der Waals surface area contributed by atoms with Crippen LogP contribution in [-0.4, -0.2) is 67.7 Å². The summed E-state index contributed by atoms with van der Waals surface area (Å²) in [5.41, 5.74) is 0. The number of nitrogens with one attached hydrogen (secondary N) is 1. The molecule has 2 rings (SSSR count). The Morgan fingerprint density at radius 3 is 3.07 bits per heavy atom. The summed E-state index contributed by atoms with van der Waals surface area (Å²) in [4.78, 5) is 12.9. The van der Waals surface area contributed by atoms with E-state index >= 15 is 0 Å². The molecule has 0 aromatic heterocycles. The van der Waals surface area contributed by atoms with Crippen LogP contribution in [0.3, 0.4) is 0 Å². The molecule has 0 aromatic rings. The SMILES string of the molecule is O=C1NCC(CN2CCOC(CO)C2)O1.